The van der Waals surface area contributed by atoms with Crippen LogP contribution in [0.5, 0.6) is 5.75 Å². The number of amides is 1. The lowest BCUT2D eigenvalue weighted by Crippen LogP contribution is -2.61. The Morgan fingerprint density at radius 1 is 1.23 bits per heavy atom. The average molecular weight is 451 g/mol. The van der Waals surface area contributed by atoms with Gasteiger partial charge in [-0.05, 0) is 17.5 Å². The van der Waals surface area contributed by atoms with E-state index in [0.29, 0.717) is 0 Å². The van der Waals surface area contributed by atoms with Crippen molar-refractivity contribution < 1.29 is 24.4 Å². The van der Waals surface area contributed by atoms with Crippen LogP contribution in [-0.4, -0.2) is 26.6 Å². The predicted octanol–water partition coefficient (Wildman–Crippen LogP) is 3.27. The molecule has 0 fully saturated rings. The quantitative estimate of drug-likeness (QED) is 0.419. The van der Waals surface area contributed by atoms with E-state index in [2.05, 4.69) is 5.32 Å². The van der Waals surface area contributed by atoms with Crippen molar-refractivity contribution in [2.75, 3.05) is 0 Å². The first-order valence-corrected chi connectivity index (χ1v) is 9.90. The largest absolute Gasteiger partial charge is 0.454 e. The number of Topliss-reactive ketones (excluding diaryl/α,β-unsaturated/α-hetero) is 1. The van der Waals surface area contributed by atoms with E-state index in [1.165, 1.54) is 12.1 Å². The number of fused-ring (bicyclic) bond motifs is 5. The number of nitro benzene ring substituents is 1. The van der Waals surface area contributed by atoms with Crippen molar-refractivity contribution in [1.82, 2.24) is 5.32 Å². The summed E-state index contributed by atoms with van der Waals surface area (Å²) in [6.07, 6.45) is 0. The lowest BCUT2D eigenvalue weighted by molar-refractivity contribution is -0.385. The number of carbonyl (C=O) groups excluding carboxylic acids is 2. The molecule has 0 saturated heterocycles. The molecule has 1 aliphatic carbocycles. The summed E-state index contributed by atoms with van der Waals surface area (Å²) in [7, 11) is 0. The fourth-order valence-electron chi connectivity index (χ4n) is 4.09. The number of nitrogens with one attached hydrogen (secondary N) is 1. The predicted molar refractivity (Wildman–Crippen MR) is 108 cm³/mol. The lowest BCUT2D eigenvalue weighted by Gasteiger charge is -2.34. The van der Waals surface area contributed by atoms with Gasteiger partial charge in [0.25, 0.3) is 17.4 Å². The van der Waals surface area contributed by atoms with Crippen LogP contribution in [0.1, 0.15) is 46.8 Å². The minimum Gasteiger partial charge on any atom is -0.454 e. The average Bonchev–Trinajstić information content (AvgIpc) is 3.04. The fourth-order valence-corrected chi connectivity index (χ4v) is 4.20. The third kappa shape index (κ3) is 2.50. The summed E-state index contributed by atoms with van der Waals surface area (Å²) < 4.78 is 5.84. The number of carbonyl (C=O) groups is 2. The van der Waals surface area contributed by atoms with Crippen LogP contribution in [0.4, 0.5) is 5.69 Å². The second-order valence-corrected chi connectivity index (χ2v) is 8.58. The molecule has 1 heterocycles. The molecule has 2 aromatic rings. The maximum absolute atomic E-state index is 13.6. The molecule has 0 spiro atoms. The van der Waals surface area contributed by atoms with Crippen molar-refractivity contribution >= 4 is 40.6 Å². The molecule has 2 atom stereocenters. The highest BCUT2D eigenvalue weighted by atomic mass is 35.5. The Hall–Kier alpha value is -2.68. The Morgan fingerprint density at radius 3 is 2.53 bits per heavy atom. The van der Waals surface area contributed by atoms with Gasteiger partial charge in [-0.1, -0.05) is 61.3 Å². The second kappa shape index (κ2) is 6.66. The van der Waals surface area contributed by atoms with E-state index < -0.39 is 38.5 Å². The second-order valence-electron chi connectivity index (χ2n) is 7.48. The van der Waals surface area contributed by atoms with Gasteiger partial charge in [-0.2, -0.15) is 0 Å². The van der Waals surface area contributed by atoms with Gasteiger partial charge < -0.3 is 15.2 Å². The number of alkyl halides is 2. The van der Waals surface area contributed by atoms with Crippen LogP contribution in [0.25, 0.3) is 0 Å². The zero-order chi connectivity index (χ0) is 22.0. The highest BCUT2D eigenvalue weighted by molar-refractivity contribution is 6.53. The molecule has 4 rings (SSSR count). The topological polar surface area (TPSA) is 119 Å². The van der Waals surface area contributed by atoms with Crippen molar-refractivity contribution in [3.05, 3.63) is 68.8 Å². The Bertz CT molecular complexity index is 1120. The standard InChI is InChI=1S/C20H16Cl2N2O6/c1-9(2)10-6-7-11-14(8-10)30-20(27)12-4-3-5-13(24(28)29)15(12)16(25)19(11,20)23-18(26)17(21)22/h3-9,17,27H,1-2H3,(H,23,26). The van der Waals surface area contributed by atoms with Crippen LogP contribution in [0, 0.1) is 10.1 Å². The summed E-state index contributed by atoms with van der Waals surface area (Å²) in [6, 6.07) is 8.77. The number of ketones is 1. The van der Waals surface area contributed by atoms with E-state index in [4.69, 9.17) is 27.9 Å². The van der Waals surface area contributed by atoms with Crippen LogP contribution < -0.4 is 10.1 Å². The van der Waals surface area contributed by atoms with E-state index in [0.717, 1.165) is 11.6 Å². The molecular formula is C20H16Cl2N2O6. The third-order valence-corrected chi connectivity index (χ3v) is 5.92. The zero-order valence-electron chi connectivity index (χ0n) is 15.8. The van der Waals surface area contributed by atoms with Gasteiger partial charge in [0, 0.05) is 17.2 Å². The molecule has 8 nitrogen and oxygen atoms in total. The van der Waals surface area contributed by atoms with Crippen LogP contribution in [-0.2, 0) is 16.1 Å². The highest BCUT2D eigenvalue weighted by Crippen LogP contribution is 2.59. The molecular weight excluding hydrogens is 435 g/mol. The highest BCUT2D eigenvalue weighted by Gasteiger charge is 2.73. The van der Waals surface area contributed by atoms with Gasteiger partial charge in [-0.15, -0.1) is 0 Å². The van der Waals surface area contributed by atoms with Gasteiger partial charge in [0.05, 0.1) is 4.92 Å². The molecule has 0 bridgehead atoms. The maximum Gasteiger partial charge on any atom is 0.280 e. The Kier molecular flexibility index (Phi) is 4.57. The summed E-state index contributed by atoms with van der Waals surface area (Å²) in [6.45, 7) is 3.92. The van der Waals surface area contributed by atoms with Crippen molar-refractivity contribution in [3.63, 3.8) is 0 Å². The Balaban J connectivity index is 2.02. The number of rotatable bonds is 4. The number of ether oxygens (including phenoxy) is 1. The Labute approximate surface area is 180 Å². The maximum atomic E-state index is 13.6. The number of nitro groups is 1. The van der Waals surface area contributed by atoms with Crippen LogP contribution in [0.2, 0.25) is 0 Å². The zero-order valence-corrected chi connectivity index (χ0v) is 17.3. The normalized spacial score (nSPS) is 23.8. The van der Waals surface area contributed by atoms with Crippen LogP contribution in [0.15, 0.2) is 36.4 Å². The van der Waals surface area contributed by atoms with E-state index in [1.807, 2.05) is 13.8 Å². The molecule has 0 saturated carbocycles. The van der Waals surface area contributed by atoms with E-state index in [9.17, 15) is 24.8 Å². The summed E-state index contributed by atoms with van der Waals surface area (Å²) in [4.78, 5) is 35.3. The Morgan fingerprint density at radius 2 is 1.93 bits per heavy atom. The van der Waals surface area contributed by atoms with E-state index in [1.54, 1.807) is 18.2 Å². The number of halogens is 2. The van der Waals surface area contributed by atoms with Crippen molar-refractivity contribution in [2.24, 2.45) is 0 Å². The summed E-state index contributed by atoms with van der Waals surface area (Å²) in [5.41, 5.74) is -2.11. The van der Waals surface area contributed by atoms with Gasteiger partial charge in [0.2, 0.25) is 11.3 Å². The molecule has 30 heavy (non-hydrogen) atoms. The fraction of sp³-hybridized carbons (Fsp3) is 0.300. The minimum atomic E-state index is -2.41. The summed E-state index contributed by atoms with van der Waals surface area (Å²) >= 11 is 11.4. The molecule has 2 unspecified atom stereocenters. The first-order valence-electron chi connectivity index (χ1n) is 9.03. The molecule has 0 radical (unpaired) electrons. The number of hydrogen-bond acceptors (Lipinski definition) is 6. The SMILES string of the molecule is CC(C)c1ccc2c(c1)OC1(O)c3cccc([N+](=O)[O-])c3C(=O)C21NC(=O)C(Cl)Cl. The molecule has 2 aromatic carbocycles. The van der Waals surface area contributed by atoms with E-state index in [-0.39, 0.29) is 28.4 Å². The molecule has 1 amide bonds. The van der Waals surface area contributed by atoms with Gasteiger partial charge in [-0.25, -0.2) is 0 Å². The molecule has 2 aliphatic rings. The van der Waals surface area contributed by atoms with Gasteiger partial charge in [-0.3, -0.25) is 19.7 Å². The van der Waals surface area contributed by atoms with Crippen molar-refractivity contribution in [2.45, 2.75) is 35.9 Å². The van der Waals surface area contributed by atoms with Gasteiger partial charge in [0.1, 0.15) is 11.3 Å². The van der Waals surface area contributed by atoms with E-state index >= 15 is 0 Å². The van der Waals surface area contributed by atoms with Crippen LogP contribution >= 0.6 is 23.2 Å². The van der Waals surface area contributed by atoms with Gasteiger partial charge in [0.15, 0.2) is 4.84 Å². The first-order chi connectivity index (χ1) is 14.0. The number of hydrogen-bond donors (Lipinski definition) is 2. The molecule has 2 N–H and O–H groups in total. The van der Waals surface area contributed by atoms with Crippen molar-refractivity contribution in [1.29, 1.82) is 0 Å². The van der Waals surface area contributed by atoms with Crippen LogP contribution in [0.3, 0.4) is 0 Å². The van der Waals surface area contributed by atoms with Gasteiger partial charge >= 0.3 is 0 Å². The third-order valence-electron chi connectivity index (χ3n) is 5.52. The molecule has 1 aliphatic heterocycles. The first kappa shape index (κ1) is 20.6. The smallest absolute Gasteiger partial charge is 0.280 e. The molecule has 0 aromatic heterocycles. The minimum absolute atomic E-state index is 0.120. The summed E-state index contributed by atoms with van der Waals surface area (Å²) in [5.74, 6) is -3.95. The summed E-state index contributed by atoms with van der Waals surface area (Å²) in [5, 5.41) is 25.6. The number of benzene rings is 2. The number of nitrogens with zero attached hydrogens (tertiary/aromatic N) is 1. The molecule has 10 heteroatoms. The lowest BCUT2D eigenvalue weighted by atomic mass is 9.82. The van der Waals surface area contributed by atoms with Crippen molar-refractivity contribution in [3.8, 4) is 5.75 Å². The molecule has 156 valence electrons. The monoisotopic (exact) mass is 450 g/mol. The number of aliphatic hydroxyl groups is 1.